The number of aromatic nitrogens is 1. The standard InChI is InChI=1S/C9H6ClNOS/c10-8-5-11-9(13-8)6-1-3-7(12)4-2-6/h1-5,12H. The fourth-order valence-electron chi connectivity index (χ4n) is 0.992. The van der Waals surface area contributed by atoms with E-state index in [0.717, 1.165) is 10.6 Å². The normalized spacial score (nSPS) is 10.2. The fraction of sp³-hybridized carbons (Fsp3) is 0. The molecule has 0 spiro atoms. The van der Waals surface area contributed by atoms with E-state index in [4.69, 9.17) is 16.7 Å². The van der Waals surface area contributed by atoms with E-state index in [1.54, 1.807) is 18.3 Å². The molecule has 2 rings (SSSR count). The second kappa shape index (κ2) is 3.36. The molecule has 1 N–H and O–H groups in total. The van der Waals surface area contributed by atoms with Crippen LogP contribution in [-0.4, -0.2) is 10.1 Å². The van der Waals surface area contributed by atoms with Crippen LogP contribution in [-0.2, 0) is 0 Å². The quantitative estimate of drug-likeness (QED) is 0.786. The molecule has 0 aliphatic heterocycles. The van der Waals surface area contributed by atoms with E-state index in [9.17, 15) is 0 Å². The Bertz CT molecular complexity index is 410. The molecule has 0 aliphatic rings. The monoisotopic (exact) mass is 211 g/mol. The number of hydrogen-bond donors (Lipinski definition) is 1. The maximum atomic E-state index is 9.07. The maximum Gasteiger partial charge on any atom is 0.124 e. The van der Waals surface area contributed by atoms with Crippen molar-refractivity contribution in [2.24, 2.45) is 0 Å². The van der Waals surface area contributed by atoms with Gasteiger partial charge >= 0.3 is 0 Å². The van der Waals surface area contributed by atoms with Gasteiger partial charge in [-0.05, 0) is 24.3 Å². The molecule has 1 aromatic heterocycles. The number of phenolic OH excluding ortho intramolecular Hbond substituents is 1. The lowest BCUT2D eigenvalue weighted by molar-refractivity contribution is 0.475. The summed E-state index contributed by atoms with van der Waals surface area (Å²) in [5, 5.41) is 9.93. The molecule has 0 unspecified atom stereocenters. The van der Waals surface area contributed by atoms with Crippen LogP contribution in [0.3, 0.4) is 0 Å². The minimum absolute atomic E-state index is 0.256. The van der Waals surface area contributed by atoms with E-state index in [2.05, 4.69) is 4.98 Å². The first kappa shape index (κ1) is 8.53. The molecule has 0 amide bonds. The number of benzene rings is 1. The van der Waals surface area contributed by atoms with Crippen LogP contribution in [0.25, 0.3) is 10.6 Å². The molecule has 0 saturated heterocycles. The van der Waals surface area contributed by atoms with Crippen molar-refractivity contribution in [3.8, 4) is 16.3 Å². The van der Waals surface area contributed by atoms with Gasteiger partial charge in [-0.1, -0.05) is 11.6 Å². The minimum Gasteiger partial charge on any atom is -0.508 e. The van der Waals surface area contributed by atoms with Gasteiger partial charge < -0.3 is 5.11 Å². The molecule has 2 aromatic rings. The Labute approximate surface area is 84.4 Å². The Morgan fingerprint density at radius 1 is 1.23 bits per heavy atom. The molecule has 0 aliphatic carbocycles. The third-order valence-corrected chi connectivity index (χ3v) is 2.76. The van der Waals surface area contributed by atoms with Crippen molar-refractivity contribution in [2.75, 3.05) is 0 Å². The van der Waals surface area contributed by atoms with Gasteiger partial charge in [-0.3, -0.25) is 0 Å². The zero-order chi connectivity index (χ0) is 9.26. The summed E-state index contributed by atoms with van der Waals surface area (Å²) in [4.78, 5) is 4.12. The molecule has 4 heteroatoms. The molecular weight excluding hydrogens is 206 g/mol. The lowest BCUT2D eigenvalue weighted by Gasteiger charge is -1.94. The van der Waals surface area contributed by atoms with Gasteiger partial charge in [0, 0.05) is 5.56 Å². The van der Waals surface area contributed by atoms with E-state index < -0.39 is 0 Å². The lowest BCUT2D eigenvalue weighted by atomic mass is 10.2. The lowest BCUT2D eigenvalue weighted by Crippen LogP contribution is -1.73. The van der Waals surface area contributed by atoms with E-state index in [0.29, 0.717) is 4.34 Å². The van der Waals surface area contributed by atoms with E-state index >= 15 is 0 Å². The summed E-state index contributed by atoms with van der Waals surface area (Å²) in [7, 11) is 0. The van der Waals surface area contributed by atoms with Crippen LogP contribution in [0, 0.1) is 0 Å². The Kier molecular flexibility index (Phi) is 2.20. The van der Waals surface area contributed by atoms with E-state index in [-0.39, 0.29) is 5.75 Å². The van der Waals surface area contributed by atoms with E-state index in [1.165, 1.54) is 11.3 Å². The van der Waals surface area contributed by atoms with Gasteiger partial charge in [-0.25, -0.2) is 4.98 Å². The molecular formula is C9H6ClNOS. The van der Waals surface area contributed by atoms with Crippen molar-refractivity contribution in [1.82, 2.24) is 4.98 Å². The number of aromatic hydroxyl groups is 1. The first-order valence-electron chi connectivity index (χ1n) is 3.66. The third kappa shape index (κ3) is 1.82. The summed E-state index contributed by atoms with van der Waals surface area (Å²) in [5.41, 5.74) is 0.967. The first-order valence-corrected chi connectivity index (χ1v) is 4.86. The van der Waals surface area contributed by atoms with Gasteiger partial charge in [-0.2, -0.15) is 0 Å². The zero-order valence-corrected chi connectivity index (χ0v) is 8.14. The molecule has 0 bridgehead atoms. The number of halogens is 1. The Morgan fingerprint density at radius 2 is 1.92 bits per heavy atom. The maximum absolute atomic E-state index is 9.07. The summed E-state index contributed by atoms with van der Waals surface area (Å²) < 4.78 is 0.670. The van der Waals surface area contributed by atoms with Crippen molar-refractivity contribution in [3.63, 3.8) is 0 Å². The molecule has 0 atom stereocenters. The van der Waals surface area contributed by atoms with Crippen LogP contribution in [0.15, 0.2) is 30.5 Å². The molecule has 0 saturated carbocycles. The van der Waals surface area contributed by atoms with Crippen molar-refractivity contribution in [1.29, 1.82) is 0 Å². The fourth-order valence-corrected chi connectivity index (χ4v) is 1.91. The predicted molar refractivity (Wildman–Crippen MR) is 54.2 cm³/mol. The van der Waals surface area contributed by atoms with Crippen molar-refractivity contribution < 1.29 is 5.11 Å². The van der Waals surface area contributed by atoms with Crippen LogP contribution < -0.4 is 0 Å². The van der Waals surface area contributed by atoms with E-state index in [1.807, 2.05) is 12.1 Å². The van der Waals surface area contributed by atoms with Crippen LogP contribution in [0.2, 0.25) is 4.34 Å². The number of rotatable bonds is 1. The molecule has 0 radical (unpaired) electrons. The Balaban J connectivity index is 2.41. The summed E-state index contributed by atoms with van der Waals surface area (Å²) in [6.07, 6.45) is 1.62. The minimum atomic E-state index is 0.256. The van der Waals surface area contributed by atoms with Gasteiger partial charge in [0.2, 0.25) is 0 Å². The molecule has 1 aromatic carbocycles. The van der Waals surface area contributed by atoms with Crippen molar-refractivity contribution >= 4 is 22.9 Å². The number of thiazole rings is 1. The largest absolute Gasteiger partial charge is 0.508 e. The first-order chi connectivity index (χ1) is 6.25. The SMILES string of the molecule is Oc1ccc(-c2ncc(Cl)s2)cc1. The highest BCUT2D eigenvalue weighted by atomic mass is 35.5. The van der Waals surface area contributed by atoms with Crippen molar-refractivity contribution in [2.45, 2.75) is 0 Å². The van der Waals surface area contributed by atoms with Gasteiger partial charge in [0.1, 0.15) is 15.1 Å². The number of nitrogens with zero attached hydrogens (tertiary/aromatic N) is 1. The molecule has 66 valence electrons. The van der Waals surface area contributed by atoms with Gasteiger partial charge in [0.25, 0.3) is 0 Å². The van der Waals surface area contributed by atoms with Crippen LogP contribution in [0.5, 0.6) is 5.75 Å². The summed E-state index contributed by atoms with van der Waals surface area (Å²) in [6.45, 7) is 0. The second-order valence-electron chi connectivity index (χ2n) is 2.52. The van der Waals surface area contributed by atoms with Crippen LogP contribution in [0.4, 0.5) is 0 Å². The molecule has 2 nitrogen and oxygen atoms in total. The highest BCUT2D eigenvalue weighted by Crippen LogP contribution is 2.28. The van der Waals surface area contributed by atoms with Gasteiger partial charge in [-0.15, -0.1) is 11.3 Å². The topological polar surface area (TPSA) is 33.1 Å². The smallest absolute Gasteiger partial charge is 0.124 e. The van der Waals surface area contributed by atoms with Gasteiger partial charge in [0.05, 0.1) is 6.20 Å². The third-order valence-electron chi connectivity index (χ3n) is 1.59. The summed E-state index contributed by atoms with van der Waals surface area (Å²) in [5.74, 6) is 0.256. The highest BCUT2D eigenvalue weighted by molar-refractivity contribution is 7.18. The van der Waals surface area contributed by atoms with Crippen molar-refractivity contribution in [3.05, 3.63) is 34.8 Å². The highest BCUT2D eigenvalue weighted by Gasteiger charge is 2.02. The van der Waals surface area contributed by atoms with Crippen LogP contribution >= 0.6 is 22.9 Å². The average molecular weight is 212 g/mol. The summed E-state index contributed by atoms with van der Waals surface area (Å²) in [6, 6.07) is 6.88. The Morgan fingerprint density at radius 3 is 2.46 bits per heavy atom. The number of hydrogen-bond acceptors (Lipinski definition) is 3. The molecule has 13 heavy (non-hydrogen) atoms. The number of phenols is 1. The molecule has 1 heterocycles. The second-order valence-corrected chi connectivity index (χ2v) is 4.18. The Hall–Kier alpha value is -1.06. The summed E-state index contributed by atoms with van der Waals surface area (Å²) >= 11 is 7.17. The average Bonchev–Trinajstić information content (AvgIpc) is 2.53. The zero-order valence-electron chi connectivity index (χ0n) is 6.57. The van der Waals surface area contributed by atoms with Gasteiger partial charge in [0.15, 0.2) is 0 Å². The van der Waals surface area contributed by atoms with Crippen LogP contribution in [0.1, 0.15) is 0 Å². The predicted octanol–water partition coefficient (Wildman–Crippen LogP) is 3.17. The molecule has 0 fully saturated rings.